The lowest BCUT2D eigenvalue weighted by atomic mass is 10.0. The van der Waals surface area contributed by atoms with Crippen molar-refractivity contribution in [2.75, 3.05) is 52.1 Å². The standard InChI is InChI=1S/C41H48Cl2N6O4S/c1-30(2)29-53-41(50)47-23-21-46(22-24-47)18-4-19-49-39-17-20-48(54(3,51)52)28-37(39)40(45-49)35-13-16-38(43)34(25-35)12-9-31-5-7-32(8-6-31)26-44-27-33-10-14-36(42)15-11-33/h5-8,10-11,13-16,25,30,44H,4,17-24,26-29H2,1-3H3. The Labute approximate surface area is 329 Å². The highest BCUT2D eigenvalue weighted by molar-refractivity contribution is 7.88. The number of hydrogen-bond donors (Lipinski definition) is 1. The maximum atomic E-state index is 12.6. The predicted octanol–water partition coefficient (Wildman–Crippen LogP) is 6.66. The number of fused-ring (bicyclic) bond motifs is 1. The van der Waals surface area contributed by atoms with Crippen LogP contribution in [0.5, 0.6) is 0 Å². The molecule has 10 nitrogen and oxygen atoms in total. The molecule has 1 amide bonds. The SMILES string of the molecule is CC(C)COC(=O)N1CCN(CCCn2nc(-c3ccc(Cl)c(C#Cc4ccc(CNCc5ccc(Cl)cc5)cc4)c3)c3c2CCN(S(C)(=O)=O)C3)CC1. The third kappa shape index (κ3) is 10.7. The summed E-state index contributed by atoms with van der Waals surface area (Å²) in [5.41, 5.74) is 7.45. The van der Waals surface area contributed by atoms with Gasteiger partial charge in [-0.2, -0.15) is 9.40 Å². The molecule has 0 bridgehead atoms. The maximum absolute atomic E-state index is 12.6. The maximum Gasteiger partial charge on any atom is 0.409 e. The summed E-state index contributed by atoms with van der Waals surface area (Å²) in [6, 6.07) is 21.7. The first kappa shape index (κ1) is 39.8. The molecule has 1 N–H and O–H groups in total. The van der Waals surface area contributed by atoms with Crippen LogP contribution in [0.3, 0.4) is 0 Å². The monoisotopic (exact) mass is 790 g/mol. The molecule has 0 radical (unpaired) electrons. The van der Waals surface area contributed by atoms with E-state index in [-0.39, 0.29) is 12.6 Å². The van der Waals surface area contributed by atoms with Crippen molar-refractivity contribution in [2.45, 2.75) is 52.9 Å². The molecular formula is C41H48Cl2N6O4S. The van der Waals surface area contributed by atoms with Crippen LogP contribution >= 0.6 is 23.2 Å². The Balaban J connectivity index is 1.12. The lowest BCUT2D eigenvalue weighted by Gasteiger charge is -2.34. The Morgan fingerprint density at radius 3 is 2.26 bits per heavy atom. The molecule has 0 saturated carbocycles. The molecule has 0 spiro atoms. The van der Waals surface area contributed by atoms with Crippen LogP contribution in [0.2, 0.25) is 10.0 Å². The van der Waals surface area contributed by atoms with E-state index in [1.165, 1.54) is 16.1 Å². The lowest BCUT2D eigenvalue weighted by Crippen LogP contribution is -2.49. The summed E-state index contributed by atoms with van der Waals surface area (Å²) < 4.78 is 34.2. The Bertz CT molecular complexity index is 2080. The second kappa shape index (κ2) is 18.2. The average Bonchev–Trinajstić information content (AvgIpc) is 3.52. The summed E-state index contributed by atoms with van der Waals surface area (Å²) in [5, 5.41) is 9.80. The minimum Gasteiger partial charge on any atom is -0.449 e. The van der Waals surface area contributed by atoms with Crippen LogP contribution in [0.25, 0.3) is 11.3 Å². The van der Waals surface area contributed by atoms with Gasteiger partial charge in [-0.05, 0) is 59.9 Å². The van der Waals surface area contributed by atoms with Crippen LogP contribution in [0, 0.1) is 17.8 Å². The third-order valence-electron chi connectivity index (χ3n) is 9.69. The van der Waals surface area contributed by atoms with Crippen molar-refractivity contribution in [1.29, 1.82) is 0 Å². The van der Waals surface area contributed by atoms with Crippen molar-refractivity contribution in [3.8, 4) is 23.1 Å². The molecule has 0 aliphatic carbocycles. The molecule has 2 aliphatic rings. The van der Waals surface area contributed by atoms with E-state index in [9.17, 15) is 13.2 Å². The number of nitrogens with one attached hydrogen (secondary N) is 1. The van der Waals surface area contributed by atoms with Gasteiger partial charge in [0.25, 0.3) is 0 Å². The number of aromatic nitrogens is 2. The fourth-order valence-corrected chi connectivity index (χ4v) is 7.74. The first-order chi connectivity index (χ1) is 25.9. The largest absolute Gasteiger partial charge is 0.449 e. The molecule has 286 valence electrons. The molecule has 3 aromatic carbocycles. The first-order valence-electron chi connectivity index (χ1n) is 18.5. The highest BCUT2D eigenvalue weighted by atomic mass is 35.5. The van der Waals surface area contributed by atoms with Gasteiger partial charge in [-0.1, -0.05) is 79.2 Å². The molecule has 6 rings (SSSR count). The van der Waals surface area contributed by atoms with E-state index in [2.05, 4.69) is 38.9 Å². The number of rotatable bonds is 12. The van der Waals surface area contributed by atoms with Crippen LogP contribution in [-0.4, -0.2) is 90.5 Å². The minimum absolute atomic E-state index is 0.234. The Hall–Kier alpha value is -3.89. The fourth-order valence-electron chi connectivity index (χ4n) is 6.66. The van der Waals surface area contributed by atoms with Crippen LogP contribution in [0.4, 0.5) is 4.79 Å². The fraction of sp³-hybridized carbons (Fsp3) is 0.415. The number of aryl methyl sites for hydroxylation is 1. The van der Waals surface area contributed by atoms with Gasteiger partial charge in [-0.25, -0.2) is 13.2 Å². The quantitative estimate of drug-likeness (QED) is 0.160. The van der Waals surface area contributed by atoms with Gasteiger partial charge in [0.2, 0.25) is 10.0 Å². The van der Waals surface area contributed by atoms with E-state index >= 15 is 0 Å². The van der Waals surface area contributed by atoms with Gasteiger partial charge in [-0.15, -0.1) is 0 Å². The lowest BCUT2D eigenvalue weighted by molar-refractivity contribution is 0.0686. The molecular weight excluding hydrogens is 743 g/mol. The molecule has 0 atom stereocenters. The van der Waals surface area contributed by atoms with E-state index in [4.69, 9.17) is 33.0 Å². The van der Waals surface area contributed by atoms with Crippen molar-refractivity contribution in [1.82, 2.24) is 29.2 Å². The van der Waals surface area contributed by atoms with Gasteiger partial charge < -0.3 is 15.0 Å². The second-order valence-corrected chi connectivity index (χ2v) is 17.2. The van der Waals surface area contributed by atoms with Gasteiger partial charge >= 0.3 is 6.09 Å². The number of amides is 1. The van der Waals surface area contributed by atoms with E-state index in [1.54, 1.807) is 4.90 Å². The van der Waals surface area contributed by atoms with Crippen molar-refractivity contribution in [2.24, 2.45) is 5.92 Å². The minimum atomic E-state index is -3.38. The van der Waals surface area contributed by atoms with Crippen LogP contribution in [-0.2, 0) is 47.4 Å². The Morgan fingerprint density at radius 1 is 0.907 bits per heavy atom. The number of carbonyl (C=O) groups excluding carboxylic acids is 1. The van der Waals surface area contributed by atoms with E-state index in [0.29, 0.717) is 55.7 Å². The summed E-state index contributed by atoms with van der Waals surface area (Å²) in [6.45, 7) is 11.1. The van der Waals surface area contributed by atoms with Crippen molar-refractivity contribution >= 4 is 39.3 Å². The molecule has 2 aliphatic heterocycles. The second-order valence-electron chi connectivity index (χ2n) is 14.4. The molecule has 54 heavy (non-hydrogen) atoms. The number of piperazine rings is 1. The zero-order chi connectivity index (χ0) is 38.2. The Kier molecular flexibility index (Phi) is 13.4. The van der Waals surface area contributed by atoms with Crippen molar-refractivity contribution in [3.63, 3.8) is 0 Å². The Morgan fingerprint density at radius 2 is 1.59 bits per heavy atom. The smallest absolute Gasteiger partial charge is 0.409 e. The van der Waals surface area contributed by atoms with Crippen LogP contribution in [0.15, 0.2) is 66.7 Å². The van der Waals surface area contributed by atoms with E-state index in [1.807, 2.05) is 68.4 Å². The topological polar surface area (TPSA) is 100 Å². The molecule has 13 heteroatoms. The van der Waals surface area contributed by atoms with Crippen molar-refractivity contribution in [3.05, 3.63) is 110 Å². The molecule has 4 aromatic rings. The van der Waals surface area contributed by atoms with Crippen LogP contribution < -0.4 is 5.32 Å². The predicted molar refractivity (Wildman–Crippen MR) is 215 cm³/mol. The zero-order valence-corrected chi connectivity index (χ0v) is 33.5. The summed E-state index contributed by atoms with van der Waals surface area (Å²) in [5.74, 6) is 6.82. The first-order valence-corrected chi connectivity index (χ1v) is 21.1. The highest BCUT2D eigenvalue weighted by Gasteiger charge is 2.30. The van der Waals surface area contributed by atoms with Gasteiger partial charge in [0.1, 0.15) is 0 Å². The number of nitrogens with zero attached hydrogens (tertiary/aromatic N) is 5. The van der Waals surface area contributed by atoms with Crippen molar-refractivity contribution < 1.29 is 17.9 Å². The third-order valence-corrected chi connectivity index (χ3v) is 11.5. The molecule has 1 aromatic heterocycles. The zero-order valence-electron chi connectivity index (χ0n) is 31.2. The van der Waals surface area contributed by atoms with Gasteiger partial charge in [0.15, 0.2) is 0 Å². The molecule has 0 unspecified atom stereocenters. The number of ether oxygens (including phenoxy) is 1. The molecule has 1 fully saturated rings. The number of sulfonamides is 1. The summed E-state index contributed by atoms with van der Waals surface area (Å²) >= 11 is 12.6. The van der Waals surface area contributed by atoms with Gasteiger partial charge in [0.05, 0.1) is 23.6 Å². The van der Waals surface area contributed by atoms with Gasteiger partial charge in [-0.3, -0.25) is 9.58 Å². The number of halogens is 2. The average molecular weight is 792 g/mol. The van der Waals surface area contributed by atoms with E-state index in [0.717, 1.165) is 77.8 Å². The summed E-state index contributed by atoms with van der Waals surface area (Å²) in [4.78, 5) is 16.5. The normalized spacial score (nSPS) is 15.2. The van der Waals surface area contributed by atoms with Gasteiger partial charge in [0, 0.05) is 105 Å². The number of benzene rings is 3. The highest BCUT2D eigenvalue weighted by Crippen LogP contribution is 2.33. The summed E-state index contributed by atoms with van der Waals surface area (Å²) in [7, 11) is -3.38. The molecule has 1 saturated heterocycles. The number of hydrogen-bond acceptors (Lipinski definition) is 7. The van der Waals surface area contributed by atoms with E-state index < -0.39 is 10.0 Å². The molecule has 3 heterocycles. The summed E-state index contributed by atoms with van der Waals surface area (Å²) in [6.07, 6.45) is 2.48. The van der Waals surface area contributed by atoms with Crippen LogP contribution in [0.1, 0.15) is 53.8 Å². The number of carbonyl (C=O) groups is 1.